The van der Waals surface area contributed by atoms with E-state index < -0.39 is 10.8 Å². The molecular weight excluding hydrogens is 336 g/mol. The average molecular weight is 368 g/mol. The van der Waals surface area contributed by atoms with Crippen LogP contribution in [0.1, 0.15) is 64.2 Å². The molecule has 0 atom stereocenters. The van der Waals surface area contributed by atoms with Crippen LogP contribution in [0.2, 0.25) is 0 Å². The monoisotopic (exact) mass is 368 g/mol. The van der Waals surface area contributed by atoms with E-state index in [-0.39, 0.29) is 25.2 Å². The lowest BCUT2D eigenvalue weighted by Gasteiger charge is -2.59. The molecular formula is C20H32O6. The highest BCUT2D eigenvalue weighted by Crippen LogP contribution is 2.66. The van der Waals surface area contributed by atoms with E-state index in [4.69, 9.17) is 19.7 Å². The van der Waals surface area contributed by atoms with E-state index >= 15 is 0 Å². The van der Waals surface area contributed by atoms with Crippen LogP contribution >= 0.6 is 0 Å². The highest BCUT2D eigenvalue weighted by molar-refractivity contribution is 5.83. The second kappa shape index (κ2) is 8.26. The molecule has 0 heterocycles. The van der Waals surface area contributed by atoms with Gasteiger partial charge in [-0.15, -0.1) is 0 Å². The van der Waals surface area contributed by atoms with E-state index in [0.29, 0.717) is 57.2 Å². The predicted molar refractivity (Wildman–Crippen MR) is 94.1 cm³/mol. The van der Waals surface area contributed by atoms with Gasteiger partial charge in [0.25, 0.3) is 0 Å². The van der Waals surface area contributed by atoms with Gasteiger partial charge in [0, 0.05) is 13.2 Å². The van der Waals surface area contributed by atoms with E-state index in [1.807, 2.05) is 0 Å². The Hall–Kier alpha value is -1.14. The molecule has 0 aromatic carbocycles. The molecule has 4 rings (SSSR count). The largest absolute Gasteiger partial charge is 0.465 e. The third-order valence-electron chi connectivity index (χ3n) is 6.50. The number of esters is 2. The minimum absolute atomic E-state index is 0.109. The number of ether oxygens (including phenoxy) is 2. The lowest BCUT2D eigenvalue weighted by molar-refractivity contribution is -0.194. The summed E-state index contributed by atoms with van der Waals surface area (Å²) < 4.78 is 11.1. The molecule has 0 aromatic heterocycles. The summed E-state index contributed by atoms with van der Waals surface area (Å²) >= 11 is 0. The van der Waals surface area contributed by atoms with Crippen LogP contribution in [-0.2, 0) is 19.1 Å². The number of hydrogen-bond donors (Lipinski definition) is 2. The Balaban J connectivity index is 1.64. The van der Waals surface area contributed by atoms with Crippen LogP contribution in [-0.4, -0.2) is 48.6 Å². The van der Waals surface area contributed by atoms with Crippen molar-refractivity contribution in [1.29, 1.82) is 0 Å². The van der Waals surface area contributed by atoms with Crippen molar-refractivity contribution in [2.75, 3.05) is 26.4 Å². The maximum absolute atomic E-state index is 12.9. The molecule has 6 nitrogen and oxygen atoms in total. The van der Waals surface area contributed by atoms with Crippen molar-refractivity contribution in [3.05, 3.63) is 0 Å². The van der Waals surface area contributed by atoms with Crippen LogP contribution in [0.5, 0.6) is 0 Å². The first-order valence-electron chi connectivity index (χ1n) is 10.1. The fraction of sp³-hybridized carbons (Fsp3) is 0.900. The van der Waals surface area contributed by atoms with Crippen LogP contribution in [0.3, 0.4) is 0 Å². The number of rotatable bonds is 10. The quantitative estimate of drug-likeness (QED) is 0.454. The van der Waals surface area contributed by atoms with Gasteiger partial charge in [-0.1, -0.05) is 0 Å². The van der Waals surface area contributed by atoms with E-state index in [0.717, 1.165) is 32.1 Å². The van der Waals surface area contributed by atoms with Gasteiger partial charge in [0.15, 0.2) is 0 Å². The Morgan fingerprint density at radius 3 is 1.58 bits per heavy atom. The minimum Gasteiger partial charge on any atom is -0.465 e. The van der Waals surface area contributed by atoms with E-state index in [1.54, 1.807) is 0 Å². The molecule has 0 amide bonds. The number of hydrogen-bond acceptors (Lipinski definition) is 6. The van der Waals surface area contributed by atoms with E-state index in [1.165, 1.54) is 0 Å². The van der Waals surface area contributed by atoms with Gasteiger partial charge in [0.2, 0.25) is 0 Å². The molecule has 0 aromatic rings. The highest BCUT2D eigenvalue weighted by atomic mass is 16.5. The summed E-state index contributed by atoms with van der Waals surface area (Å²) in [5.74, 6) is 0.515. The summed E-state index contributed by atoms with van der Waals surface area (Å²) in [6.07, 6.45) is 7.62. The van der Waals surface area contributed by atoms with Crippen LogP contribution in [0.4, 0.5) is 0 Å². The predicted octanol–water partition coefficient (Wildman–Crippen LogP) is 2.20. The summed E-state index contributed by atoms with van der Waals surface area (Å²) in [5, 5.41) is 17.7. The second-order valence-electron chi connectivity index (χ2n) is 8.65. The molecule has 148 valence electrons. The van der Waals surface area contributed by atoms with Crippen LogP contribution in [0.25, 0.3) is 0 Å². The number of unbranched alkanes of at least 4 members (excludes halogenated alkanes) is 2. The standard InChI is InChI=1S/C20H32O6/c21-5-1-3-7-25-17(23)19-10-15-9-16(11-19)13-20(12-15,14-19)18(24)26-8-4-2-6-22/h15-16,21-22H,1-14H2. The molecule has 0 saturated heterocycles. The van der Waals surface area contributed by atoms with Crippen molar-refractivity contribution >= 4 is 11.9 Å². The van der Waals surface area contributed by atoms with Crippen molar-refractivity contribution in [3.8, 4) is 0 Å². The molecule has 0 radical (unpaired) electrons. The first-order valence-corrected chi connectivity index (χ1v) is 10.1. The fourth-order valence-electron chi connectivity index (χ4n) is 5.80. The Morgan fingerprint density at radius 1 is 0.769 bits per heavy atom. The molecule has 4 aliphatic carbocycles. The summed E-state index contributed by atoms with van der Waals surface area (Å²) in [6, 6.07) is 0. The molecule has 4 saturated carbocycles. The first kappa shape index (κ1) is 19.6. The van der Waals surface area contributed by atoms with Gasteiger partial charge in [0.1, 0.15) is 0 Å². The Morgan fingerprint density at radius 2 is 1.19 bits per heavy atom. The van der Waals surface area contributed by atoms with Crippen molar-refractivity contribution in [2.24, 2.45) is 22.7 Å². The molecule has 2 N–H and O–H groups in total. The van der Waals surface area contributed by atoms with Crippen molar-refractivity contribution in [2.45, 2.75) is 64.2 Å². The summed E-state index contributed by atoms with van der Waals surface area (Å²) in [6.45, 7) is 0.903. The molecule has 0 unspecified atom stereocenters. The van der Waals surface area contributed by atoms with E-state index in [2.05, 4.69) is 0 Å². The Bertz CT molecular complexity index is 460. The van der Waals surface area contributed by atoms with Crippen LogP contribution in [0.15, 0.2) is 0 Å². The van der Waals surface area contributed by atoms with Crippen molar-refractivity contribution in [1.82, 2.24) is 0 Å². The fourth-order valence-corrected chi connectivity index (χ4v) is 5.80. The zero-order valence-corrected chi connectivity index (χ0v) is 15.6. The zero-order valence-electron chi connectivity index (χ0n) is 15.6. The van der Waals surface area contributed by atoms with Gasteiger partial charge in [-0.3, -0.25) is 9.59 Å². The highest BCUT2D eigenvalue weighted by Gasteiger charge is 2.64. The van der Waals surface area contributed by atoms with Gasteiger partial charge < -0.3 is 19.7 Å². The average Bonchev–Trinajstić information content (AvgIpc) is 2.61. The molecule has 4 aliphatic rings. The summed E-state index contributed by atoms with van der Waals surface area (Å²) in [5.41, 5.74) is -1.04. The Labute approximate surface area is 155 Å². The van der Waals surface area contributed by atoms with E-state index in [9.17, 15) is 9.59 Å². The third-order valence-corrected chi connectivity index (χ3v) is 6.50. The molecule has 26 heavy (non-hydrogen) atoms. The molecule has 6 heteroatoms. The first-order chi connectivity index (χ1) is 12.5. The van der Waals surface area contributed by atoms with Crippen molar-refractivity contribution < 1.29 is 29.3 Å². The Kier molecular flexibility index (Phi) is 6.23. The number of aliphatic hydroxyl groups is 2. The lowest BCUT2D eigenvalue weighted by atomic mass is 9.44. The topological polar surface area (TPSA) is 93.1 Å². The SMILES string of the molecule is O=C(OCCCCO)C12CC3CC(C1)CC(C(=O)OCCCCO)(C3)C2. The van der Waals surface area contributed by atoms with Gasteiger partial charge in [-0.25, -0.2) is 0 Å². The van der Waals surface area contributed by atoms with Crippen LogP contribution < -0.4 is 0 Å². The maximum Gasteiger partial charge on any atom is 0.312 e. The van der Waals surface area contributed by atoms with Gasteiger partial charge in [-0.05, 0) is 76.0 Å². The van der Waals surface area contributed by atoms with Gasteiger partial charge >= 0.3 is 11.9 Å². The van der Waals surface area contributed by atoms with Gasteiger partial charge in [-0.2, -0.15) is 0 Å². The molecule has 4 bridgehead atoms. The molecule has 4 fully saturated rings. The molecule has 0 spiro atoms. The number of carbonyl (C=O) groups excluding carboxylic acids is 2. The maximum atomic E-state index is 12.9. The van der Waals surface area contributed by atoms with Crippen LogP contribution in [0, 0.1) is 22.7 Å². The summed E-state index contributed by atoms with van der Waals surface area (Å²) in [7, 11) is 0. The lowest BCUT2D eigenvalue weighted by Crippen LogP contribution is -2.58. The summed E-state index contributed by atoms with van der Waals surface area (Å²) in [4.78, 5) is 25.7. The van der Waals surface area contributed by atoms with Crippen molar-refractivity contribution in [3.63, 3.8) is 0 Å². The number of carbonyl (C=O) groups is 2. The normalized spacial score (nSPS) is 34.7. The smallest absolute Gasteiger partial charge is 0.312 e. The van der Waals surface area contributed by atoms with Gasteiger partial charge in [0.05, 0.1) is 24.0 Å². The zero-order chi connectivity index (χ0) is 18.6. The third kappa shape index (κ3) is 3.91. The minimum atomic E-state index is -0.520. The molecule has 0 aliphatic heterocycles. The number of aliphatic hydroxyl groups excluding tert-OH is 2. The second-order valence-corrected chi connectivity index (χ2v) is 8.65.